The van der Waals surface area contributed by atoms with Crippen molar-refractivity contribution in [1.29, 1.82) is 0 Å². The Labute approximate surface area is 282 Å². The number of rotatable bonds is 11. The number of amides is 3. The lowest BCUT2D eigenvalue weighted by molar-refractivity contribution is -0.151. The van der Waals surface area contributed by atoms with E-state index in [1.807, 2.05) is 65.8 Å². The highest BCUT2D eigenvalue weighted by molar-refractivity contribution is 6.10. The molecule has 1 saturated carbocycles. The first kappa shape index (κ1) is 36.1. The molecule has 0 aliphatic heterocycles. The smallest absolute Gasteiger partial charge is 0.260 e. The number of ketones is 1. The third-order valence-electron chi connectivity index (χ3n) is 9.15. The van der Waals surface area contributed by atoms with E-state index in [1.165, 1.54) is 14.0 Å². The maximum atomic E-state index is 14.2. The highest BCUT2D eigenvalue weighted by Crippen LogP contribution is 2.48. The number of anilines is 2. The summed E-state index contributed by atoms with van der Waals surface area (Å²) in [6.07, 6.45) is -0.398. The molecule has 0 bridgehead atoms. The van der Waals surface area contributed by atoms with Crippen LogP contribution in [0.25, 0.3) is 0 Å². The van der Waals surface area contributed by atoms with Gasteiger partial charge in [-0.3, -0.25) is 19.2 Å². The summed E-state index contributed by atoms with van der Waals surface area (Å²) in [6, 6.07) is 16.0. The Bertz CT molecular complexity index is 1700. The summed E-state index contributed by atoms with van der Waals surface area (Å²) in [5.41, 5.74) is 3.43. The number of likely N-dealkylation sites (N-methyl/N-ethyl adjacent to an activating group) is 1. The summed E-state index contributed by atoms with van der Waals surface area (Å²) in [5.74, 6) is -4.88. The van der Waals surface area contributed by atoms with Gasteiger partial charge in [-0.05, 0) is 89.4 Å². The topological polar surface area (TPSA) is 134 Å². The number of hydrogen-bond donors (Lipinski definition) is 3. The van der Waals surface area contributed by atoms with Gasteiger partial charge in [-0.25, -0.2) is 0 Å². The van der Waals surface area contributed by atoms with E-state index in [9.17, 15) is 24.3 Å². The number of carbonyl (C=O) groups is 4. The van der Waals surface area contributed by atoms with Gasteiger partial charge >= 0.3 is 0 Å². The quantitative estimate of drug-likeness (QED) is 0.232. The molecule has 10 nitrogen and oxygen atoms in total. The molecule has 0 spiro atoms. The predicted octanol–water partition coefficient (Wildman–Crippen LogP) is 5.49. The summed E-state index contributed by atoms with van der Waals surface area (Å²) >= 11 is 0. The maximum Gasteiger partial charge on any atom is 0.260 e. The van der Waals surface area contributed by atoms with Crippen LogP contribution in [0.15, 0.2) is 54.6 Å². The molecule has 10 heteroatoms. The zero-order valence-corrected chi connectivity index (χ0v) is 29.1. The summed E-state index contributed by atoms with van der Waals surface area (Å²) < 4.78 is 11.5. The van der Waals surface area contributed by atoms with Crippen molar-refractivity contribution in [2.24, 2.45) is 11.8 Å². The largest absolute Gasteiger partial charge is 0.493 e. The molecule has 4 unspecified atom stereocenters. The van der Waals surface area contributed by atoms with Crippen molar-refractivity contribution in [3.8, 4) is 11.5 Å². The first-order chi connectivity index (χ1) is 22.7. The van der Waals surface area contributed by atoms with Gasteiger partial charge in [-0.1, -0.05) is 41.5 Å². The standard InChI is InChI=1S/C38H47N3O7/c1-9-41(10-2)32(43)21-48-30-16-13-26(19-31(30)47-8)33-34(36(44)39-27-14-11-22(3)17-24(27)5)29(42)20-38(7,46)35(33)37(45)40-28-15-12-23(4)18-25(28)6/h11-19,33-35,46H,9-10,20-21H2,1-8H3,(H,39,44)(H,40,45). The van der Waals surface area contributed by atoms with Gasteiger partial charge in [0, 0.05) is 36.8 Å². The lowest BCUT2D eigenvalue weighted by atomic mass is 9.61. The number of aryl methyl sites for hydroxylation is 4. The van der Waals surface area contributed by atoms with Crippen molar-refractivity contribution in [3.05, 3.63) is 82.4 Å². The van der Waals surface area contributed by atoms with Crippen molar-refractivity contribution in [2.45, 2.75) is 66.4 Å². The van der Waals surface area contributed by atoms with E-state index in [4.69, 9.17) is 9.47 Å². The molecule has 0 radical (unpaired) electrons. The summed E-state index contributed by atoms with van der Waals surface area (Å²) in [4.78, 5) is 56.5. The molecule has 256 valence electrons. The number of ether oxygens (including phenoxy) is 2. The third kappa shape index (κ3) is 7.87. The van der Waals surface area contributed by atoms with Crippen molar-refractivity contribution in [2.75, 3.05) is 37.4 Å². The fourth-order valence-corrected chi connectivity index (χ4v) is 6.64. The summed E-state index contributed by atoms with van der Waals surface area (Å²) in [7, 11) is 1.44. The molecule has 0 aromatic heterocycles. The second-order valence-electron chi connectivity index (χ2n) is 12.9. The van der Waals surface area contributed by atoms with Gasteiger partial charge < -0.3 is 30.1 Å². The molecule has 0 heterocycles. The van der Waals surface area contributed by atoms with Crippen LogP contribution in [-0.4, -0.2) is 65.9 Å². The Morgan fingerprint density at radius 3 is 1.94 bits per heavy atom. The molecule has 3 N–H and O–H groups in total. The van der Waals surface area contributed by atoms with E-state index in [0.717, 1.165) is 22.3 Å². The summed E-state index contributed by atoms with van der Waals surface area (Å²) in [6.45, 7) is 13.7. The molecule has 0 saturated heterocycles. The first-order valence-corrected chi connectivity index (χ1v) is 16.3. The lowest BCUT2D eigenvalue weighted by Gasteiger charge is -2.44. The van der Waals surface area contributed by atoms with Gasteiger partial charge in [0.1, 0.15) is 11.7 Å². The molecular weight excluding hydrogens is 610 g/mol. The average Bonchev–Trinajstić information content (AvgIpc) is 3.02. The number of methoxy groups -OCH3 is 1. The van der Waals surface area contributed by atoms with Crippen LogP contribution in [0.1, 0.15) is 60.9 Å². The molecule has 3 aromatic rings. The van der Waals surface area contributed by atoms with Crippen LogP contribution < -0.4 is 20.1 Å². The molecule has 3 aromatic carbocycles. The second-order valence-corrected chi connectivity index (χ2v) is 12.9. The lowest BCUT2D eigenvalue weighted by Crippen LogP contribution is -2.56. The number of nitrogens with one attached hydrogen (secondary N) is 2. The Hall–Kier alpha value is -4.70. The molecule has 1 aliphatic rings. The molecule has 4 rings (SSSR count). The highest BCUT2D eigenvalue weighted by Gasteiger charge is 2.56. The normalized spacial score (nSPS) is 20.5. The van der Waals surface area contributed by atoms with E-state index < -0.39 is 47.4 Å². The SMILES string of the molecule is CCN(CC)C(=O)COc1ccc(C2C(C(=O)Nc3ccc(C)cc3C)C(=O)CC(C)(O)C2C(=O)Nc2ccc(C)cc2C)cc1OC. The second kappa shape index (κ2) is 15.0. The van der Waals surface area contributed by atoms with Crippen LogP contribution in [0.3, 0.4) is 0 Å². The van der Waals surface area contributed by atoms with Crippen LogP contribution in [0, 0.1) is 39.5 Å². The number of nitrogens with zero attached hydrogens (tertiary/aromatic N) is 1. The van der Waals surface area contributed by atoms with Crippen molar-refractivity contribution < 1.29 is 33.8 Å². The number of hydrogen-bond acceptors (Lipinski definition) is 7. The van der Waals surface area contributed by atoms with Crippen LogP contribution in [0.2, 0.25) is 0 Å². The van der Waals surface area contributed by atoms with Crippen molar-refractivity contribution in [3.63, 3.8) is 0 Å². The number of benzene rings is 3. The zero-order valence-electron chi connectivity index (χ0n) is 29.1. The van der Waals surface area contributed by atoms with Gasteiger partial charge in [0.15, 0.2) is 18.1 Å². The van der Waals surface area contributed by atoms with Gasteiger partial charge in [0.05, 0.1) is 18.6 Å². The maximum absolute atomic E-state index is 14.2. The van der Waals surface area contributed by atoms with Crippen molar-refractivity contribution >= 4 is 34.9 Å². The minimum atomic E-state index is -1.79. The van der Waals surface area contributed by atoms with Crippen molar-refractivity contribution in [1.82, 2.24) is 4.90 Å². The van der Waals surface area contributed by atoms with E-state index >= 15 is 0 Å². The minimum absolute atomic E-state index is 0.189. The Morgan fingerprint density at radius 1 is 0.854 bits per heavy atom. The van der Waals surface area contributed by atoms with E-state index in [-0.39, 0.29) is 24.0 Å². The minimum Gasteiger partial charge on any atom is -0.493 e. The molecular formula is C38H47N3O7. The van der Waals surface area contributed by atoms with Gasteiger partial charge in [-0.15, -0.1) is 0 Å². The molecule has 1 aliphatic carbocycles. The van der Waals surface area contributed by atoms with Crippen LogP contribution in [0.4, 0.5) is 11.4 Å². The van der Waals surface area contributed by atoms with Gasteiger partial charge in [-0.2, -0.15) is 0 Å². The van der Waals surface area contributed by atoms with E-state index in [1.54, 1.807) is 35.2 Å². The Balaban J connectivity index is 1.79. The zero-order chi connectivity index (χ0) is 35.3. The monoisotopic (exact) mass is 657 g/mol. The third-order valence-corrected chi connectivity index (χ3v) is 9.15. The predicted molar refractivity (Wildman–Crippen MR) is 185 cm³/mol. The van der Waals surface area contributed by atoms with Crippen LogP contribution >= 0.6 is 0 Å². The summed E-state index contributed by atoms with van der Waals surface area (Å²) in [5, 5.41) is 17.6. The fraction of sp³-hybridized carbons (Fsp3) is 0.421. The number of carbonyl (C=O) groups excluding carboxylic acids is 4. The van der Waals surface area contributed by atoms with E-state index in [2.05, 4.69) is 10.6 Å². The Morgan fingerprint density at radius 2 is 1.42 bits per heavy atom. The molecule has 3 amide bonds. The number of aliphatic hydroxyl groups is 1. The Kier molecular flexibility index (Phi) is 11.3. The molecule has 48 heavy (non-hydrogen) atoms. The highest BCUT2D eigenvalue weighted by atomic mass is 16.5. The first-order valence-electron chi connectivity index (χ1n) is 16.3. The fourth-order valence-electron chi connectivity index (χ4n) is 6.64. The van der Waals surface area contributed by atoms with E-state index in [0.29, 0.717) is 30.0 Å². The van der Waals surface area contributed by atoms with Crippen LogP contribution in [-0.2, 0) is 19.2 Å². The van der Waals surface area contributed by atoms with Crippen LogP contribution in [0.5, 0.6) is 11.5 Å². The average molecular weight is 658 g/mol. The van der Waals surface area contributed by atoms with Gasteiger partial charge in [0.2, 0.25) is 11.8 Å². The number of Topliss-reactive ketones (excluding diaryl/α,β-unsaturated/α-hetero) is 1. The molecule has 4 atom stereocenters. The molecule has 1 fully saturated rings. The van der Waals surface area contributed by atoms with Gasteiger partial charge in [0.25, 0.3) is 5.91 Å².